The third kappa shape index (κ3) is 5.19. The molecule has 0 saturated heterocycles. The van der Waals surface area contributed by atoms with E-state index in [2.05, 4.69) is 31.2 Å². The number of anilines is 1. The van der Waals surface area contributed by atoms with Crippen LogP contribution >= 0.6 is 27.7 Å². The average Bonchev–Trinajstić information content (AvgIpc) is 2.25. The van der Waals surface area contributed by atoms with Crippen LogP contribution in [-0.4, -0.2) is 43.3 Å². The second-order valence-electron chi connectivity index (χ2n) is 3.20. The number of carbonyl (C=O) groups excluding carboxylic acids is 1. The molecule has 10 heteroatoms. The Kier molecular flexibility index (Phi) is 5.35. The molecule has 0 atom stereocenters. The second kappa shape index (κ2) is 6.34. The van der Waals surface area contributed by atoms with Gasteiger partial charge in [-0.05, 0) is 22.2 Å². The Morgan fingerprint density at radius 1 is 1.56 bits per heavy atom. The quantitative estimate of drug-likeness (QED) is 0.584. The van der Waals surface area contributed by atoms with Crippen molar-refractivity contribution >= 4 is 49.4 Å². The van der Waals surface area contributed by atoms with Crippen molar-refractivity contribution < 1.29 is 13.2 Å². The molecule has 0 unspecified atom stereocenters. The van der Waals surface area contributed by atoms with Gasteiger partial charge >= 0.3 is 0 Å². The first-order valence-corrected chi connectivity index (χ1v) is 8.54. The molecule has 0 aliphatic heterocycles. The van der Waals surface area contributed by atoms with Gasteiger partial charge in [-0.25, -0.2) is 18.4 Å². The highest BCUT2D eigenvalue weighted by atomic mass is 79.9. The molecule has 7 nitrogen and oxygen atoms in total. The molecule has 1 rings (SSSR count). The molecule has 0 radical (unpaired) electrons. The minimum absolute atomic E-state index is 0.198. The van der Waals surface area contributed by atoms with Crippen molar-refractivity contribution in [2.45, 2.75) is 5.16 Å². The Bertz CT molecular complexity index is 549. The van der Waals surface area contributed by atoms with Gasteiger partial charge in [0.25, 0.3) is 5.91 Å². The molecule has 1 heterocycles. The molecule has 0 aliphatic carbocycles. The lowest BCUT2D eigenvalue weighted by atomic mass is 10.5. The van der Waals surface area contributed by atoms with Crippen molar-refractivity contribution in [2.24, 2.45) is 0 Å². The van der Waals surface area contributed by atoms with Gasteiger partial charge in [-0.15, -0.1) is 0 Å². The summed E-state index contributed by atoms with van der Waals surface area (Å²) in [5.74, 6) is -0.230. The molecular weight excluding hydrogens is 344 g/mol. The maximum absolute atomic E-state index is 11.3. The van der Waals surface area contributed by atoms with Gasteiger partial charge in [0.05, 0.1) is 17.3 Å². The zero-order chi connectivity index (χ0) is 13.8. The van der Waals surface area contributed by atoms with Gasteiger partial charge in [0.1, 0.15) is 5.82 Å². The molecule has 0 fully saturated rings. The standard InChI is InChI=1S/C8H11BrN4O3S2/c1-17-8-11-3-5(9)7(12-8)10-4-6(14)13-18(2,15)16/h3H,4H2,1-2H3,(H,13,14)(H,10,11,12). The van der Waals surface area contributed by atoms with E-state index in [4.69, 9.17) is 0 Å². The Morgan fingerprint density at radius 2 is 2.22 bits per heavy atom. The van der Waals surface area contributed by atoms with E-state index in [1.54, 1.807) is 6.20 Å². The second-order valence-corrected chi connectivity index (χ2v) is 6.58. The first-order chi connectivity index (χ1) is 8.31. The van der Waals surface area contributed by atoms with Crippen molar-refractivity contribution in [2.75, 3.05) is 24.4 Å². The normalized spacial score (nSPS) is 11.1. The number of hydrogen-bond donors (Lipinski definition) is 2. The van der Waals surface area contributed by atoms with Crippen LogP contribution in [0.2, 0.25) is 0 Å². The third-order valence-corrected chi connectivity index (χ3v) is 3.36. The fourth-order valence-corrected chi connectivity index (χ4v) is 2.14. The molecule has 0 bridgehead atoms. The highest BCUT2D eigenvalue weighted by Gasteiger charge is 2.10. The van der Waals surface area contributed by atoms with Crippen LogP contribution in [0.3, 0.4) is 0 Å². The molecule has 0 aromatic carbocycles. The third-order valence-electron chi connectivity index (χ3n) is 1.62. The maximum atomic E-state index is 11.3. The van der Waals surface area contributed by atoms with E-state index in [1.807, 2.05) is 11.0 Å². The van der Waals surface area contributed by atoms with E-state index >= 15 is 0 Å². The van der Waals surface area contributed by atoms with Gasteiger partial charge < -0.3 is 5.32 Å². The lowest BCUT2D eigenvalue weighted by Crippen LogP contribution is -2.34. The smallest absolute Gasteiger partial charge is 0.252 e. The predicted molar refractivity (Wildman–Crippen MR) is 73.0 cm³/mol. The van der Waals surface area contributed by atoms with Gasteiger partial charge in [0, 0.05) is 6.20 Å². The molecule has 1 aromatic rings. The van der Waals surface area contributed by atoms with Crippen molar-refractivity contribution in [1.29, 1.82) is 0 Å². The summed E-state index contributed by atoms with van der Waals surface area (Å²) < 4.78 is 24.1. The average molecular weight is 355 g/mol. The lowest BCUT2D eigenvalue weighted by molar-refractivity contribution is -0.117. The SMILES string of the molecule is CSc1ncc(Br)c(NCC(=O)NS(C)(=O)=O)n1. The highest BCUT2D eigenvalue weighted by Crippen LogP contribution is 2.21. The summed E-state index contributed by atoms with van der Waals surface area (Å²) in [7, 11) is -3.54. The number of aromatic nitrogens is 2. The summed E-state index contributed by atoms with van der Waals surface area (Å²) in [5.41, 5.74) is 0. The number of hydrogen-bond acceptors (Lipinski definition) is 7. The molecule has 100 valence electrons. The van der Waals surface area contributed by atoms with Crippen molar-refractivity contribution in [3.8, 4) is 0 Å². The lowest BCUT2D eigenvalue weighted by Gasteiger charge is -2.08. The van der Waals surface area contributed by atoms with Crippen molar-refractivity contribution in [3.63, 3.8) is 0 Å². The summed E-state index contributed by atoms with van der Waals surface area (Å²) in [4.78, 5) is 19.4. The van der Waals surface area contributed by atoms with Gasteiger partial charge in [-0.3, -0.25) is 9.52 Å². The van der Waals surface area contributed by atoms with Crippen LogP contribution in [0.1, 0.15) is 0 Å². The molecule has 18 heavy (non-hydrogen) atoms. The summed E-state index contributed by atoms with van der Waals surface area (Å²) in [6.07, 6.45) is 4.29. The van der Waals surface area contributed by atoms with Gasteiger partial charge in [-0.2, -0.15) is 0 Å². The van der Waals surface area contributed by atoms with E-state index in [0.29, 0.717) is 15.4 Å². The predicted octanol–water partition coefficient (Wildman–Crippen LogP) is 0.449. The van der Waals surface area contributed by atoms with Crippen molar-refractivity contribution in [3.05, 3.63) is 10.7 Å². The number of sulfonamides is 1. The molecule has 2 N–H and O–H groups in total. The largest absolute Gasteiger partial charge is 0.360 e. The molecule has 0 saturated carbocycles. The summed E-state index contributed by atoms with van der Waals surface area (Å²) in [5, 5.41) is 3.27. The molecule has 1 aromatic heterocycles. The zero-order valence-electron chi connectivity index (χ0n) is 9.60. The monoisotopic (exact) mass is 354 g/mol. The molecule has 0 aliphatic rings. The van der Waals surface area contributed by atoms with Gasteiger partial charge in [0.15, 0.2) is 5.16 Å². The van der Waals surface area contributed by atoms with Crippen molar-refractivity contribution in [1.82, 2.24) is 14.7 Å². The number of nitrogens with zero attached hydrogens (tertiary/aromatic N) is 2. The fourth-order valence-electron chi connectivity index (χ4n) is 0.980. The Labute approximate surface area is 117 Å². The minimum atomic E-state index is -3.54. The number of thioether (sulfide) groups is 1. The van der Waals surface area contributed by atoms with Gasteiger partial charge in [0.2, 0.25) is 10.0 Å². The Balaban J connectivity index is 2.66. The van der Waals surface area contributed by atoms with E-state index in [9.17, 15) is 13.2 Å². The summed E-state index contributed by atoms with van der Waals surface area (Å²) in [6, 6.07) is 0. The number of nitrogens with one attached hydrogen (secondary N) is 2. The maximum Gasteiger partial charge on any atom is 0.252 e. The molecule has 0 spiro atoms. The van der Waals surface area contributed by atoms with Crippen LogP contribution < -0.4 is 10.0 Å². The molecular formula is C8H11BrN4O3S2. The number of halogens is 1. The Morgan fingerprint density at radius 3 is 2.78 bits per heavy atom. The number of amides is 1. The fraction of sp³-hybridized carbons (Fsp3) is 0.375. The van der Waals surface area contributed by atoms with E-state index in [0.717, 1.165) is 6.26 Å². The van der Waals surface area contributed by atoms with Gasteiger partial charge in [-0.1, -0.05) is 11.8 Å². The zero-order valence-corrected chi connectivity index (χ0v) is 12.8. The highest BCUT2D eigenvalue weighted by molar-refractivity contribution is 9.10. The molecule has 1 amide bonds. The van der Waals surface area contributed by atoms with Crippen LogP contribution in [0.4, 0.5) is 5.82 Å². The van der Waals surface area contributed by atoms with E-state index in [1.165, 1.54) is 11.8 Å². The summed E-state index contributed by atoms with van der Waals surface area (Å²) in [6.45, 7) is -0.198. The van der Waals surface area contributed by atoms with Crippen LogP contribution in [-0.2, 0) is 14.8 Å². The number of rotatable bonds is 5. The Hall–Kier alpha value is -0.870. The van der Waals surface area contributed by atoms with Crippen LogP contribution in [0.5, 0.6) is 0 Å². The topological polar surface area (TPSA) is 101 Å². The number of carbonyl (C=O) groups is 1. The minimum Gasteiger partial charge on any atom is -0.360 e. The van der Waals surface area contributed by atoms with Crippen LogP contribution in [0, 0.1) is 0 Å². The van der Waals surface area contributed by atoms with Crippen LogP contribution in [0.15, 0.2) is 15.8 Å². The van der Waals surface area contributed by atoms with E-state index in [-0.39, 0.29) is 6.54 Å². The van der Waals surface area contributed by atoms with E-state index < -0.39 is 15.9 Å². The van der Waals surface area contributed by atoms with Crippen LogP contribution in [0.25, 0.3) is 0 Å². The first kappa shape index (κ1) is 15.2. The summed E-state index contributed by atoms with van der Waals surface area (Å²) >= 11 is 4.58. The first-order valence-electron chi connectivity index (χ1n) is 4.63.